The van der Waals surface area contributed by atoms with Gasteiger partial charge in [-0.25, -0.2) is 0 Å². The lowest BCUT2D eigenvalue weighted by molar-refractivity contribution is -0.136. The zero-order valence-corrected chi connectivity index (χ0v) is 29.7. The Morgan fingerprint density at radius 1 is 0.808 bits per heavy atom. The number of nitrogens with one attached hydrogen (secondary N) is 5. The molecule has 0 aromatic heterocycles. The van der Waals surface area contributed by atoms with Crippen LogP contribution in [0, 0.1) is 5.92 Å². The topological polar surface area (TPSA) is 209 Å². The van der Waals surface area contributed by atoms with Crippen LogP contribution in [0.5, 0.6) is 0 Å². The highest BCUT2D eigenvalue weighted by atomic mass is 16.3. The molecule has 0 bridgehead atoms. The number of hydrogen-bond acceptors (Lipinski definition) is 7. The van der Waals surface area contributed by atoms with E-state index in [-0.39, 0.29) is 24.6 Å². The van der Waals surface area contributed by atoms with Crippen LogP contribution in [-0.4, -0.2) is 79.1 Å². The fraction of sp³-hybridized carbons (Fsp3) is 0.421. The van der Waals surface area contributed by atoms with Gasteiger partial charge in [0.15, 0.2) is 11.9 Å². The smallest absolute Gasteiger partial charge is 0.251 e. The molecule has 52 heavy (non-hydrogen) atoms. The van der Waals surface area contributed by atoms with Crippen molar-refractivity contribution >= 4 is 54.0 Å². The van der Waals surface area contributed by atoms with Crippen LogP contribution in [0.2, 0.25) is 0 Å². The van der Waals surface area contributed by atoms with E-state index in [4.69, 9.17) is 5.73 Å². The first-order chi connectivity index (χ1) is 25.0. The number of nitrogens with two attached hydrogens (primary N) is 1. The standard InChI is InChI=1S/C38H49BN6O7/c1-2-11-28(33(47)37(51)41-22-30(46)44-31(34(40)48)25-13-5-3-6-14-25)42-35(49)29(21-23-18-19-24-12-9-10-17-27(24)20-23)43-36(50)32(45-38(39)52)26-15-7-4-8-16-26/h3,5-6,9-10,12-14,17-20,26,28-29,31-33,47H,2,4,7-8,11,15-16,21-22,39H2,1H3,(H2,40,48)(H,41,51)(H,42,49)(H,43,50)(H,44,46)(H,45,52)/t28?,29-,31-,32-,33?/m0/s1. The zero-order valence-electron chi connectivity index (χ0n) is 29.7. The summed E-state index contributed by atoms with van der Waals surface area (Å²) >= 11 is 0. The van der Waals surface area contributed by atoms with Crippen molar-refractivity contribution in [1.29, 1.82) is 0 Å². The van der Waals surface area contributed by atoms with Crippen molar-refractivity contribution in [3.05, 3.63) is 83.9 Å². The van der Waals surface area contributed by atoms with Gasteiger partial charge in [-0.15, -0.1) is 0 Å². The average molecular weight is 713 g/mol. The van der Waals surface area contributed by atoms with Gasteiger partial charge >= 0.3 is 0 Å². The third-order valence-corrected chi connectivity index (χ3v) is 9.37. The van der Waals surface area contributed by atoms with Crippen LogP contribution < -0.4 is 32.3 Å². The molecule has 1 fully saturated rings. The molecular formula is C38H49BN6O7. The van der Waals surface area contributed by atoms with Gasteiger partial charge in [-0.05, 0) is 47.1 Å². The second-order valence-corrected chi connectivity index (χ2v) is 13.4. The number of amides is 6. The molecular weight excluding hydrogens is 663 g/mol. The molecule has 0 heterocycles. The molecule has 4 rings (SSSR count). The van der Waals surface area contributed by atoms with Crippen LogP contribution in [0.4, 0.5) is 4.79 Å². The molecule has 3 aromatic rings. The molecule has 6 amide bonds. The largest absolute Gasteiger partial charge is 0.381 e. The SMILES string of the molecule is BC(=O)N[C@H](C(=O)N[C@@H](Cc1ccc2ccccc2c1)C(=O)NC(CCC)C(O)C(=O)NCC(=O)N[C@H](C(N)=O)c1ccccc1)C1CCCCC1. The van der Waals surface area contributed by atoms with Gasteiger partial charge in [0, 0.05) is 6.42 Å². The van der Waals surface area contributed by atoms with Gasteiger partial charge in [0.1, 0.15) is 18.1 Å². The number of benzene rings is 3. The molecule has 0 radical (unpaired) electrons. The summed E-state index contributed by atoms with van der Waals surface area (Å²) < 4.78 is 0. The number of aliphatic hydroxyl groups is 1. The van der Waals surface area contributed by atoms with Crippen LogP contribution >= 0.6 is 0 Å². The number of aliphatic hydroxyl groups excluding tert-OH is 1. The Kier molecular flexibility index (Phi) is 14.8. The summed E-state index contributed by atoms with van der Waals surface area (Å²) in [6.45, 7) is 1.26. The van der Waals surface area contributed by atoms with Crippen LogP contribution in [0.25, 0.3) is 10.8 Å². The lowest BCUT2D eigenvalue weighted by atomic mass is 9.83. The Hall–Kier alpha value is -5.24. The predicted octanol–water partition coefficient (Wildman–Crippen LogP) is 1.26. The first-order valence-corrected chi connectivity index (χ1v) is 17.9. The average Bonchev–Trinajstić information content (AvgIpc) is 3.14. The maximum atomic E-state index is 14.0. The van der Waals surface area contributed by atoms with E-state index in [2.05, 4.69) is 26.6 Å². The molecule has 8 N–H and O–H groups in total. The van der Waals surface area contributed by atoms with Crippen LogP contribution in [-0.2, 0) is 30.4 Å². The lowest BCUT2D eigenvalue weighted by Crippen LogP contribution is -2.59. The minimum absolute atomic E-state index is 0.0801. The van der Waals surface area contributed by atoms with E-state index in [0.717, 1.165) is 48.4 Å². The van der Waals surface area contributed by atoms with Crippen molar-refractivity contribution in [3.8, 4) is 0 Å². The van der Waals surface area contributed by atoms with E-state index >= 15 is 0 Å². The highest BCUT2D eigenvalue weighted by molar-refractivity contribution is 6.57. The van der Waals surface area contributed by atoms with Crippen LogP contribution in [0.3, 0.4) is 0 Å². The third kappa shape index (κ3) is 11.4. The van der Waals surface area contributed by atoms with Gasteiger partial charge in [0.05, 0.1) is 12.6 Å². The predicted molar refractivity (Wildman–Crippen MR) is 199 cm³/mol. The fourth-order valence-electron chi connectivity index (χ4n) is 6.69. The molecule has 2 unspecified atom stereocenters. The van der Waals surface area contributed by atoms with E-state index in [1.807, 2.05) is 49.4 Å². The van der Waals surface area contributed by atoms with Crippen molar-refractivity contribution < 1.29 is 33.9 Å². The summed E-state index contributed by atoms with van der Waals surface area (Å²) in [7, 11) is 1.35. The number of carbonyl (C=O) groups is 6. The molecule has 14 heteroatoms. The first kappa shape index (κ1) is 39.5. The van der Waals surface area contributed by atoms with Crippen molar-refractivity contribution in [1.82, 2.24) is 26.6 Å². The molecule has 3 aromatic carbocycles. The Morgan fingerprint density at radius 2 is 1.48 bits per heavy atom. The second-order valence-electron chi connectivity index (χ2n) is 13.4. The first-order valence-electron chi connectivity index (χ1n) is 17.9. The molecule has 1 aliphatic carbocycles. The number of fused-ring (bicyclic) bond motifs is 1. The van der Waals surface area contributed by atoms with Gasteiger partial charge in [-0.2, -0.15) is 0 Å². The maximum Gasteiger partial charge on any atom is 0.251 e. The molecule has 1 aliphatic rings. The summed E-state index contributed by atoms with van der Waals surface area (Å²) in [5.74, 6) is -3.95. The van der Waals surface area contributed by atoms with Crippen LogP contribution in [0.15, 0.2) is 72.8 Å². The van der Waals surface area contributed by atoms with E-state index < -0.39 is 66.4 Å². The molecule has 0 spiro atoms. The monoisotopic (exact) mass is 712 g/mol. The van der Waals surface area contributed by atoms with E-state index in [0.29, 0.717) is 12.0 Å². The number of hydrogen-bond donors (Lipinski definition) is 7. The van der Waals surface area contributed by atoms with Gasteiger partial charge in [-0.1, -0.05) is 105 Å². The Labute approximate surface area is 304 Å². The van der Waals surface area contributed by atoms with Crippen molar-refractivity contribution in [2.75, 3.05) is 6.54 Å². The second kappa shape index (κ2) is 19.4. The molecule has 0 aliphatic heterocycles. The minimum atomic E-state index is -1.75. The number of primary amides is 1. The van der Waals surface area contributed by atoms with Crippen molar-refractivity contribution in [2.45, 2.75) is 88.6 Å². The van der Waals surface area contributed by atoms with E-state index in [1.165, 1.54) is 7.85 Å². The fourth-order valence-corrected chi connectivity index (χ4v) is 6.69. The van der Waals surface area contributed by atoms with Gasteiger partial charge in [-0.3, -0.25) is 28.8 Å². The molecule has 5 atom stereocenters. The summed E-state index contributed by atoms with van der Waals surface area (Å²) in [5, 5.41) is 26.3. The summed E-state index contributed by atoms with van der Waals surface area (Å²) in [6, 6.07) is 17.7. The maximum absolute atomic E-state index is 14.0. The van der Waals surface area contributed by atoms with Gasteiger partial charge < -0.3 is 37.4 Å². The quantitative estimate of drug-likeness (QED) is 0.102. The highest BCUT2D eigenvalue weighted by Crippen LogP contribution is 2.27. The lowest BCUT2D eigenvalue weighted by Gasteiger charge is -2.32. The number of carbonyl (C=O) groups excluding carboxylic acids is 6. The third-order valence-electron chi connectivity index (χ3n) is 9.37. The number of rotatable bonds is 17. The molecule has 0 saturated heterocycles. The van der Waals surface area contributed by atoms with E-state index in [1.54, 1.807) is 30.3 Å². The van der Waals surface area contributed by atoms with Crippen molar-refractivity contribution in [2.24, 2.45) is 11.7 Å². The Balaban J connectivity index is 1.48. The Morgan fingerprint density at radius 3 is 2.13 bits per heavy atom. The van der Waals surface area contributed by atoms with Gasteiger partial charge in [0.25, 0.3) is 5.91 Å². The molecule has 13 nitrogen and oxygen atoms in total. The summed E-state index contributed by atoms with van der Waals surface area (Å²) in [5.41, 5.74) is 6.72. The summed E-state index contributed by atoms with van der Waals surface area (Å²) in [6.07, 6.45) is 3.52. The Bertz CT molecular complexity index is 1720. The molecule has 276 valence electrons. The normalized spacial score (nSPS) is 16.0. The highest BCUT2D eigenvalue weighted by Gasteiger charge is 2.35. The zero-order chi connectivity index (χ0) is 37.6. The summed E-state index contributed by atoms with van der Waals surface area (Å²) in [4.78, 5) is 77.7. The molecule has 1 saturated carbocycles. The minimum Gasteiger partial charge on any atom is -0.381 e. The van der Waals surface area contributed by atoms with Crippen molar-refractivity contribution in [3.63, 3.8) is 0 Å². The van der Waals surface area contributed by atoms with E-state index in [9.17, 15) is 33.9 Å². The van der Waals surface area contributed by atoms with Gasteiger partial charge in [0.2, 0.25) is 31.5 Å². The van der Waals surface area contributed by atoms with Crippen LogP contribution in [0.1, 0.15) is 69.0 Å².